The fraction of sp³-hybridized carbons (Fsp3) is 0.290. The monoisotopic (exact) mass is 536 g/mol. The molecule has 0 radical (unpaired) electrons. The number of aromatic nitrogens is 1. The van der Waals surface area contributed by atoms with E-state index in [4.69, 9.17) is 9.47 Å². The van der Waals surface area contributed by atoms with E-state index in [0.29, 0.717) is 12.2 Å². The minimum absolute atomic E-state index is 0.220. The zero-order valence-corrected chi connectivity index (χ0v) is 22.1. The number of carbonyl (C=O) groups is 1. The van der Waals surface area contributed by atoms with Gasteiger partial charge in [0.2, 0.25) is 0 Å². The smallest absolute Gasteiger partial charge is 0.416 e. The van der Waals surface area contributed by atoms with Crippen molar-refractivity contribution in [3.8, 4) is 5.75 Å². The third kappa shape index (κ3) is 7.72. The van der Waals surface area contributed by atoms with Crippen molar-refractivity contribution < 1.29 is 27.4 Å². The van der Waals surface area contributed by atoms with E-state index in [9.17, 15) is 18.0 Å². The van der Waals surface area contributed by atoms with E-state index in [0.717, 1.165) is 34.2 Å². The molecule has 1 atom stereocenters. The minimum atomic E-state index is -4.43. The van der Waals surface area contributed by atoms with Crippen LogP contribution >= 0.6 is 0 Å². The quantitative estimate of drug-likeness (QED) is 0.228. The highest BCUT2D eigenvalue weighted by atomic mass is 19.4. The predicted molar refractivity (Wildman–Crippen MR) is 144 cm³/mol. The van der Waals surface area contributed by atoms with Gasteiger partial charge in [0.1, 0.15) is 17.5 Å². The average molecular weight is 537 g/mol. The second kappa shape index (κ2) is 11.8. The van der Waals surface area contributed by atoms with Crippen LogP contribution < -0.4 is 4.74 Å². The molecule has 1 amide bonds. The van der Waals surface area contributed by atoms with Crippen LogP contribution in [0.4, 0.5) is 18.0 Å². The van der Waals surface area contributed by atoms with Gasteiger partial charge in [0.15, 0.2) is 0 Å². The molecule has 4 aromatic rings. The summed E-state index contributed by atoms with van der Waals surface area (Å²) < 4.78 is 50.9. The van der Waals surface area contributed by atoms with Gasteiger partial charge in [-0.25, -0.2) is 4.79 Å². The number of ether oxygens (including phenoxy) is 2. The zero-order chi connectivity index (χ0) is 28.0. The molecule has 3 aromatic carbocycles. The number of amides is 1. The Labute approximate surface area is 226 Å². The summed E-state index contributed by atoms with van der Waals surface area (Å²) in [5, 5.41) is 1.95. The Morgan fingerprint density at radius 2 is 1.56 bits per heavy atom. The molecule has 0 aliphatic rings. The summed E-state index contributed by atoms with van der Waals surface area (Å²) in [6.45, 7) is 5.90. The highest BCUT2D eigenvalue weighted by Crippen LogP contribution is 2.32. The van der Waals surface area contributed by atoms with Crippen molar-refractivity contribution in [2.45, 2.75) is 51.6 Å². The summed E-state index contributed by atoms with van der Waals surface area (Å²) >= 11 is 0. The number of halogens is 3. The van der Waals surface area contributed by atoms with E-state index < -0.39 is 29.5 Å². The molecule has 1 aromatic heterocycles. The van der Waals surface area contributed by atoms with Crippen LogP contribution in [-0.4, -0.2) is 28.1 Å². The Balaban J connectivity index is 1.58. The summed E-state index contributed by atoms with van der Waals surface area (Å²) in [7, 11) is 0. The van der Waals surface area contributed by atoms with E-state index in [1.54, 1.807) is 31.9 Å². The third-order valence-corrected chi connectivity index (χ3v) is 6.04. The normalized spacial score (nSPS) is 12.7. The molecule has 1 heterocycles. The van der Waals surface area contributed by atoms with Crippen LogP contribution in [0.1, 0.15) is 50.1 Å². The van der Waals surface area contributed by atoms with Gasteiger partial charge in [-0.2, -0.15) is 13.2 Å². The number of hydrogen-bond donors (Lipinski definition) is 0. The average Bonchev–Trinajstić information content (AvgIpc) is 2.89. The van der Waals surface area contributed by atoms with Gasteiger partial charge in [0.25, 0.3) is 0 Å². The number of benzene rings is 3. The van der Waals surface area contributed by atoms with Gasteiger partial charge in [0, 0.05) is 24.5 Å². The Hall–Kier alpha value is -4.07. The molecular weight excluding hydrogens is 505 g/mol. The summed E-state index contributed by atoms with van der Waals surface area (Å²) in [6.07, 6.45) is -3.35. The van der Waals surface area contributed by atoms with Crippen molar-refractivity contribution in [2.24, 2.45) is 0 Å². The van der Waals surface area contributed by atoms with Crippen molar-refractivity contribution in [3.05, 3.63) is 108 Å². The Kier molecular flexibility index (Phi) is 8.43. The number of pyridine rings is 1. The second-order valence-electron chi connectivity index (χ2n) is 10.2. The molecule has 4 rings (SSSR count). The number of alkyl halides is 3. The fourth-order valence-electron chi connectivity index (χ4n) is 4.17. The van der Waals surface area contributed by atoms with E-state index in [-0.39, 0.29) is 13.1 Å². The van der Waals surface area contributed by atoms with Crippen LogP contribution in [0.5, 0.6) is 5.75 Å². The first kappa shape index (κ1) is 28.0. The van der Waals surface area contributed by atoms with Gasteiger partial charge < -0.3 is 14.4 Å². The Morgan fingerprint density at radius 1 is 0.897 bits per heavy atom. The summed E-state index contributed by atoms with van der Waals surface area (Å²) in [5.41, 5.74) is 0.130. The van der Waals surface area contributed by atoms with Gasteiger partial charge in [-0.3, -0.25) is 4.98 Å². The number of carbonyl (C=O) groups excluding carboxylic acids is 1. The SMILES string of the molecule is CC(C)(C)OC(=O)N(CCC(Oc1ccc(C(F)(F)F)cc1)c1ccccc1)Cc1nccc2ccccc12. The molecule has 0 aliphatic carbocycles. The van der Waals surface area contributed by atoms with Crippen molar-refractivity contribution in [1.82, 2.24) is 9.88 Å². The summed E-state index contributed by atoms with van der Waals surface area (Å²) in [4.78, 5) is 19.4. The molecule has 0 N–H and O–H groups in total. The molecule has 0 saturated carbocycles. The molecule has 0 spiro atoms. The lowest BCUT2D eigenvalue weighted by atomic mass is 10.1. The molecular formula is C31H31F3N2O3. The van der Waals surface area contributed by atoms with Crippen LogP contribution in [0.25, 0.3) is 10.8 Å². The summed E-state index contributed by atoms with van der Waals surface area (Å²) in [6, 6.07) is 23.7. The highest BCUT2D eigenvalue weighted by molar-refractivity contribution is 5.84. The third-order valence-electron chi connectivity index (χ3n) is 6.04. The van der Waals surface area contributed by atoms with Crippen LogP contribution in [0.2, 0.25) is 0 Å². The minimum Gasteiger partial charge on any atom is -0.486 e. The van der Waals surface area contributed by atoms with Crippen LogP contribution in [0.3, 0.4) is 0 Å². The maximum absolute atomic E-state index is 13.3. The number of fused-ring (bicyclic) bond motifs is 1. The molecule has 0 saturated heterocycles. The van der Waals surface area contributed by atoms with Crippen molar-refractivity contribution >= 4 is 16.9 Å². The Morgan fingerprint density at radius 3 is 2.23 bits per heavy atom. The molecule has 39 heavy (non-hydrogen) atoms. The van der Waals surface area contributed by atoms with Crippen LogP contribution in [0, 0.1) is 0 Å². The maximum atomic E-state index is 13.3. The highest BCUT2D eigenvalue weighted by Gasteiger charge is 2.30. The van der Waals surface area contributed by atoms with Crippen molar-refractivity contribution in [1.29, 1.82) is 0 Å². The van der Waals surface area contributed by atoms with Gasteiger partial charge in [-0.15, -0.1) is 0 Å². The second-order valence-corrected chi connectivity index (χ2v) is 10.2. The molecule has 1 unspecified atom stereocenters. The molecule has 0 bridgehead atoms. The Bertz CT molecular complexity index is 1380. The molecule has 204 valence electrons. The predicted octanol–water partition coefficient (Wildman–Crippen LogP) is 8.20. The van der Waals surface area contributed by atoms with Gasteiger partial charge >= 0.3 is 12.3 Å². The fourth-order valence-corrected chi connectivity index (χ4v) is 4.17. The van der Waals surface area contributed by atoms with E-state index in [1.165, 1.54) is 12.1 Å². The number of nitrogens with zero attached hydrogens (tertiary/aromatic N) is 2. The first-order valence-corrected chi connectivity index (χ1v) is 12.7. The lowest BCUT2D eigenvalue weighted by molar-refractivity contribution is -0.137. The van der Waals surface area contributed by atoms with E-state index in [1.807, 2.05) is 60.7 Å². The molecule has 8 heteroatoms. The van der Waals surface area contributed by atoms with Gasteiger partial charge in [-0.1, -0.05) is 54.6 Å². The first-order chi connectivity index (χ1) is 18.5. The molecule has 0 fully saturated rings. The largest absolute Gasteiger partial charge is 0.486 e. The van der Waals surface area contributed by atoms with E-state index >= 15 is 0 Å². The molecule has 0 aliphatic heterocycles. The van der Waals surface area contributed by atoms with Crippen molar-refractivity contribution in [2.75, 3.05) is 6.54 Å². The topological polar surface area (TPSA) is 51.7 Å². The van der Waals surface area contributed by atoms with Gasteiger partial charge in [0.05, 0.1) is 17.8 Å². The zero-order valence-electron chi connectivity index (χ0n) is 22.1. The standard InChI is InChI=1S/C31H31F3N2O3/c1-30(2,3)39-29(37)36(21-27-26-12-8-7-9-22(26)17-19-35-27)20-18-28(23-10-5-4-6-11-23)38-25-15-13-24(14-16-25)31(32,33)34/h4-17,19,28H,18,20-21H2,1-3H3. The maximum Gasteiger partial charge on any atom is 0.416 e. The first-order valence-electron chi connectivity index (χ1n) is 12.7. The van der Waals surface area contributed by atoms with E-state index in [2.05, 4.69) is 4.98 Å². The lowest BCUT2D eigenvalue weighted by Gasteiger charge is -2.29. The van der Waals surface area contributed by atoms with Gasteiger partial charge in [-0.05, 0) is 62.1 Å². The lowest BCUT2D eigenvalue weighted by Crippen LogP contribution is -2.38. The number of hydrogen-bond acceptors (Lipinski definition) is 4. The van der Waals surface area contributed by atoms with Crippen LogP contribution in [0.15, 0.2) is 91.1 Å². The summed E-state index contributed by atoms with van der Waals surface area (Å²) in [5.74, 6) is 0.302. The number of rotatable bonds is 8. The van der Waals surface area contributed by atoms with Crippen molar-refractivity contribution in [3.63, 3.8) is 0 Å². The van der Waals surface area contributed by atoms with Crippen LogP contribution in [-0.2, 0) is 17.5 Å². The molecule has 5 nitrogen and oxygen atoms in total.